The van der Waals surface area contributed by atoms with Crippen molar-refractivity contribution in [3.63, 3.8) is 0 Å². The van der Waals surface area contributed by atoms with E-state index in [-0.39, 0.29) is 24.2 Å². The quantitative estimate of drug-likeness (QED) is 0.345. The van der Waals surface area contributed by atoms with Gasteiger partial charge in [0.2, 0.25) is 6.04 Å². The molecule has 0 aliphatic heterocycles. The van der Waals surface area contributed by atoms with Crippen LogP contribution in [0.15, 0.2) is 29.8 Å². The van der Waals surface area contributed by atoms with Crippen molar-refractivity contribution in [2.24, 2.45) is 0 Å². The molecule has 0 radical (unpaired) electrons. The molecule has 0 aliphatic carbocycles. The summed E-state index contributed by atoms with van der Waals surface area (Å²) in [6.45, 7) is 2.82. The molecule has 0 spiro atoms. The molecule has 1 aromatic rings. The summed E-state index contributed by atoms with van der Waals surface area (Å²) in [6, 6.07) is 3.57. The van der Waals surface area contributed by atoms with Crippen LogP contribution in [0.5, 0.6) is 0 Å². The second-order valence-electron chi connectivity index (χ2n) is 4.81. The van der Waals surface area contributed by atoms with Gasteiger partial charge in [0.15, 0.2) is 0 Å². The number of carbonyl (C=O) groups is 1. The molecule has 0 aliphatic rings. The number of ether oxygens (including phenoxy) is 1. The zero-order valence-electron chi connectivity index (χ0n) is 12.6. The maximum Gasteiger partial charge on any atom is 0.416 e. The average Bonchev–Trinajstić information content (AvgIpc) is 2.46. The fourth-order valence-electron chi connectivity index (χ4n) is 1.89. The molecule has 5 nitrogen and oxygen atoms in total. The van der Waals surface area contributed by atoms with Gasteiger partial charge in [0, 0.05) is 23.8 Å². The molecule has 0 fully saturated rings. The highest BCUT2D eigenvalue weighted by molar-refractivity contribution is 5.94. The molecule has 1 rings (SSSR count). The highest BCUT2D eigenvalue weighted by Gasteiger charge is 2.33. The topological polar surface area (TPSA) is 69.4 Å². The van der Waals surface area contributed by atoms with Gasteiger partial charge in [0.05, 0.1) is 12.2 Å². The van der Waals surface area contributed by atoms with E-state index in [1.165, 1.54) is 32.0 Å². The van der Waals surface area contributed by atoms with Crippen LogP contribution in [0.1, 0.15) is 31.4 Å². The Morgan fingerprint density at radius 3 is 2.52 bits per heavy atom. The Morgan fingerprint density at radius 1 is 1.39 bits per heavy atom. The summed E-state index contributed by atoms with van der Waals surface area (Å²) in [5.74, 6) is -0.863. The molecule has 1 atom stereocenters. The van der Waals surface area contributed by atoms with Gasteiger partial charge in [-0.3, -0.25) is 10.1 Å². The number of benzene rings is 1. The lowest BCUT2D eigenvalue weighted by atomic mass is 10.0. The third kappa shape index (κ3) is 5.39. The highest BCUT2D eigenvalue weighted by Crippen LogP contribution is 2.33. The van der Waals surface area contributed by atoms with Crippen molar-refractivity contribution < 1.29 is 27.6 Å². The van der Waals surface area contributed by atoms with E-state index in [0.29, 0.717) is 0 Å². The van der Waals surface area contributed by atoms with Crippen molar-refractivity contribution >= 4 is 12.0 Å². The standard InChI is InChI=1S/C15H16F3NO4/c1-3-23-14(20)12(8-10(2)19(21)22)9-11-6-4-5-7-13(11)15(16,17)18/h4-7,9-10H,3,8H2,1-2H3/b12-9+/t10-/m0/s1. The van der Waals surface area contributed by atoms with Crippen molar-refractivity contribution in [2.75, 3.05) is 6.61 Å². The van der Waals surface area contributed by atoms with Crippen molar-refractivity contribution in [3.05, 3.63) is 51.1 Å². The minimum absolute atomic E-state index is 0.0178. The lowest BCUT2D eigenvalue weighted by molar-refractivity contribution is -0.517. The predicted octanol–water partition coefficient (Wildman–Crippen LogP) is 3.71. The van der Waals surface area contributed by atoms with E-state index in [1.54, 1.807) is 0 Å². The van der Waals surface area contributed by atoms with Crippen LogP contribution in [0.2, 0.25) is 0 Å². The van der Waals surface area contributed by atoms with Gasteiger partial charge in [-0.05, 0) is 24.6 Å². The molecule has 0 unspecified atom stereocenters. The van der Waals surface area contributed by atoms with Gasteiger partial charge >= 0.3 is 12.1 Å². The first-order valence-electron chi connectivity index (χ1n) is 6.84. The summed E-state index contributed by atoms with van der Waals surface area (Å²) in [7, 11) is 0. The summed E-state index contributed by atoms with van der Waals surface area (Å²) in [4.78, 5) is 22.0. The first-order chi connectivity index (χ1) is 10.7. The number of rotatable bonds is 6. The van der Waals surface area contributed by atoms with Crippen molar-refractivity contribution in [1.29, 1.82) is 0 Å². The van der Waals surface area contributed by atoms with Gasteiger partial charge in [0.1, 0.15) is 0 Å². The zero-order chi connectivity index (χ0) is 17.6. The highest BCUT2D eigenvalue weighted by atomic mass is 19.4. The lowest BCUT2D eigenvalue weighted by Gasteiger charge is -2.12. The molecular weight excluding hydrogens is 315 g/mol. The van der Waals surface area contributed by atoms with Gasteiger partial charge in [-0.25, -0.2) is 4.79 Å². The molecule has 0 heterocycles. The van der Waals surface area contributed by atoms with Crippen molar-refractivity contribution in [2.45, 2.75) is 32.5 Å². The number of carbonyl (C=O) groups excluding carboxylic acids is 1. The Morgan fingerprint density at radius 2 is 2.00 bits per heavy atom. The molecule has 8 heteroatoms. The SMILES string of the molecule is CCOC(=O)/C(=C/c1ccccc1C(F)(F)F)C[C@H](C)[N+](=O)[O-]. The largest absolute Gasteiger partial charge is 0.463 e. The predicted molar refractivity (Wildman–Crippen MR) is 77.1 cm³/mol. The fraction of sp³-hybridized carbons (Fsp3) is 0.400. The molecule has 0 N–H and O–H groups in total. The van der Waals surface area contributed by atoms with Crippen LogP contribution < -0.4 is 0 Å². The van der Waals surface area contributed by atoms with Crippen LogP contribution in [0.25, 0.3) is 6.08 Å². The Labute approximate surface area is 130 Å². The van der Waals surface area contributed by atoms with Gasteiger partial charge < -0.3 is 4.74 Å². The summed E-state index contributed by atoms with van der Waals surface area (Å²) in [6.07, 6.45) is -3.92. The van der Waals surface area contributed by atoms with E-state index in [4.69, 9.17) is 4.74 Å². The molecule has 0 bridgehead atoms. The Bertz CT molecular complexity index is 611. The van der Waals surface area contributed by atoms with Crippen LogP contribution in [-0.2, 0) is 15.7 Å². The Balaban J connectivity index is 3.29. The van der Waals surface area contributed by atoms with Crippen LogP contribution in [0, 0.1) is 10.1 Å². The number of esters is 1. The first kappa shape index (κ1) is 18.7. The Kier molecular flexibility index (Phi) is 6.29. The molecule has 1 aromatic carbocycles. The van der Waals surface area contributed by atoms with E-state index >= 15 is 0 Å². The van der Waals surface area contributed by atoms with Gasteiger partial charge in [-0.2, -0.15) is 13.2 Å². The van der Waals surface area contributed by atoms with Crippen LogP contribution in [0.4, 0.5) is 13.2 Å². The van der Waals surface area contributed by atoms with Crippen LogP contribution in [0.3, 0.4) is 0 Å². The van der Waals surface area contributed by atoms with E-state index < -0.39 is 28.7 Å². The number of hydrogen-bond donors (Lipinski definition) is 0. The van der Waals surface area contributed by atoms with Gasteiger partial charge in [-0.1, -0.05) is 18.2 Å². The number of nitrogens with zero attached hydrogens (tertiary/aromatic N) is 1. The number of halogens is 3. The smallest absolute Gasteiger partial charge is 0.416 e. The normalized spacial score (nSPS) is 13.5. The zero-order valence-corrected chi connectivity index (χ0v) is 12.6. The minimum atomic E-state index is -4.60. The average molecular weight is 331 g/mol. The molecule has 126 valence electrons. The number of hydrogen-bond acceptors (Lipinski definition) is 4. The second-order valence-corrected chi connectivity index (χ2v) is 4.81. The van der Waals surface area contributed by atoms with Crippen LogP contribution >= 0.6 is 0 Å². The molecule has 23 heavy (non-hydrogen) atoms. The van der Waals surface area contributed by atoms with Crippen molar-refractivity contribution in [3.8, 4) is 0 Å². The van der Waals surface area contributed by atoms with Crippen LogP contribution in [-0.4, -0.2) is 23.5 Å². The summed E-state index contributed by atoms with van der Waals surface area (Å²) >= 11 is 0. The summed E-state index contributed by atoms with van der Waals surface area (Å²) < 4.78 is 43.7. The summed E-state index contributed by atoms with van der Waals surface area (Å²) in [5, 5.41) is 10.7. The van der Waals surface area contributed by atoms with E-state index in [0.717, 1.165) is 12.1 Å². The molecule has 0 amide bonds. The molecular formula is C15H16F3NO4. The summed E-state index contributed by atoms with van der Waals surface area (Å²) in [5.41, 5.74) is -1.33. The lowest BCUT2D eigenvalue weighted by Crippen LogP contribution is -2.19. The van der Waals surface area contributed by atoms with Crippen molar-refractivity contribution in [1.82, 2.24) is 0 Å². The monoisotopic (exact) mass is 331 g/mol. The maximum absolute atomic E-state index is 13.0. The minimum Gasteiger partial charge on any atom is -0.463 e. The van der Waals surface area contributed by atoms with E-state index in [1.807, 2.05) is 0 Å². The Hall–Kier alpha value is -2.38. The molecule has 0 saturated heterocycles. The number of nitro groups is 1. The third-order valence-corrected chi connectivity index (χ3v) is 3.01. The maximum atomic E-state index is 13.0. The number of alkyl halides is 3. The third-order valence-electron chi connectivity index (χ3n) is 3.01. The van der Waals surface area contributed by atoms with Gasteiger partial charge in [0.25, 0.3) is 0 Å². The van der Waals surface area contributed by atoms with E-state index in [2.05, 4.69) is 0 Å². The fourth-order valence-corrected chi connectivity index (χ4v) is 1.89. The molecule has 0 aromatic heterocycles. The first-order valence-corrected chi connectivity index (χ1v) is 6.84. The molecule has 0 saturated carbocycles. The second kappa shape index (κ2) is 7.75. The van der Waals surface area contributed by atoms with Gasteiger partial charge in [-0.15, -0.1) is 0 Å². The van der Waals surface area contributed by atoms with E-state index in [9.17, 15) is 28.1 Å².